The van der Waals surface area contributed by atoms with E-state index in [0.29, 0.717) is 17.9 Å². The predicted molar refractivity (Wildman–Crippen MR) is 84.0 cm³/mol. The Morgan fingerprint density at radius 1 is 0.905 bits per heavy atom. The van der Waals surface area contributed by atoms with E-state index in [4.69, 9.17) is 4.74 Å². The van der Waals surface area contributed by atoms with Crippen LogP contribution in [-0.2, 0) is 9.53 Å². The molecule has 3 fully saturated rings. The Morgan fingerprint density at radius 2 is 1.67 bits per heavy atom. The van der Waals surface area contributed by atoms with E-state index in [1.807, 2.05) is 0 Å². The normalized spacial score (nSPS) is 31.9. The lowest BCUT2D eigenvalue weighted by molar-refractivity contribution is -0.123. The van der Waals surface area contributed by atoms with E-state index in [-0.39, 0.29) is 0 Å². The number of fused-ring (bicyclic) bond motifs is 1. The SMILES string of the molecule is O=C(NCCCCCOC1CCCCC1)C1[C@@H]2CCC[C@@H]12. The molecule has 0 aromatic heterocycles. The Kier molecular flexibility index (Phi) is 5.56. The van der Waals surface area contributed by atoms with Crippen LogP contribution in [0.2, 0.25) is 0 Å². The van der Waals surface area contributed by atoms with E-state index >= 15 is 0 Å². The lowest BCUT2D eigenvalue weighted by atomic mass is 9.98. The molecule has 1 amide bonds. The Balaban J connectivity index is 1.14. The zero-order valence-electron chi connectivity index (χ0n) is 13.3. The molecule has 0 unspecified atom stereocenters. The van der Waals surface area contributed by atoms with Crippen LogP contribution in [-0.4, -0.2) is 25.2 Å². The zero-order valence-corrected chi connectivity index (χ0v) is 13.3. The van der Waals surface area contributed by atoms with Crippen molar-refractivity contribution in [2.45, 2.75) is 76.7 Å². The number of amides is 1. The number of hydrogen-bond donors (Lipinski definition) is 1. The van der Waals surface area contributed by atoms with E-state index in [1.54, 1.807) is 0 Å². The molecule has 0 bridgehead atoms. The van der Waals surface area contributed by atoms with Crippen LogP contribution in [0, 0.1) is 17.8 Å². The van der Waals surface area contributed by atoms with Gasteiger partial charge in [0.25, 0.3) is 0 Å². The summed E-state index contributed by atoms with van der Waals surface area (Å²) < 4.78 is 5.92. The van der Waals surface area contributed by atoms with Crippen molar-refractivity contribution in [3.05, 3.63) is 0 Å². The third-order valence-electron chi connectivity index (χ3n) is 5.74. The number of unbranched alkanes of at least 4 members (excludes halogenated alkanes) is 2. The van der Waals surface area contributed by atoms with Crippen molar-refractivity contribution in [1.29, 1.82) is 0 Å². The molecule has 3 aliphatic rings. The maximum atomic E-state index is 12.0. The summed E-state index contributed by atoms with van der Waals surface area (Å²) in [4.78, 5) is 12.0. The van der Waals surface area contributed by atoms with Gasteiger partial charge in [0.2, 0.25) is 5.91 Å². The number of carbonyl (C=O) groups excluding carboxylic acids is 1. The van der Waals surface area contributed by atoms with Gasteiger partial charge in [-0.25, -0.2) is 0 Å². The highest BCUT2D eigenvalue weighted by molar-refractivity contribution is 5.82. The van der Waals surface area contributed by atoms with Gasteiger partial charge in [0.05, 0.1) is 6.10 Å². The molecule has 3 saturated carbocycles. The molecule has 3 heteroatoms. The van der Waals surface area contributed by atoms with Crippen molar-refractivity contribution < 1.29 is 9.53 Å². The molecule has 120 valence electrons. The van der Waals surface area contributed by atoms with Crippen LogP contribution in [0.15, 0.2) is 0 Å². The summed E-state index contributed by atoms with van der Waals surface area (Å²) in [6.45, 7) is 1.77. The molecule has 0 aromatic rings. The van der Waals surface area contributed by atoms with Gasteiger partial charge in [-0.3, -0.25) is 4.79 Å². The van der Waals surface area contributed by atoms with Crippen LogP contribution in [0.1, 0.15) is 70.6 Å². The van der Waals surface area contributed by atoms with E-state index in [0.717, 1.165) is 37.8 Å². The summed E-state index contributed by atoms with van der Waals surface area (Å²) in [5, 5.41) is 3.13. The molecule has 0 spiro atoms. The second kappa shape index (κ2) is 7.62. The molecular formula is C18H31NO2. The Morgan fingerprint density at radius 3 is 2.43 bits per heavy atom. The fourth-order valence-corrected chi connectivity index (χ4v) is 4.43. The Bertz CT molecular complexity index is 328. The van der Waals surface area contributed by atoms with Crippen molar-refractivity contribution in [2.75, 3.05) is 13.2 Å². The predicted octanol–water partition coefficient (Wildman–Crippen LogP) is 3.67. The van der Waals surface area contributed by atoms with Crippen LogP contribution in [0.5, 0.6) is 0 Å². The van der Waals surface area contributed by atoms with Crippen molar-refractivity contribution in [1.82, 2.24) is 5.32 Å². The van der Waals surface area contributed by atoms with Crippen LogP contribution in [0.3, 0.4) is 0 Å². The van der Waals surface area contributed by atoms with Gasteiger partial charge in [0.1, 0.15) is 0 Å². The zero-order chi connectivity index (χ0) is 14.5. The molecule has 1 N–H and O–H groups in total. The first-order chi connectivity index (χ1) is 10.4. The van der Waals surface area contributed by atoms with E-state index in [1.165, 1.54) is 57.8 Å². The minimum Gasteiger partial charge on any atom is -0.378 e. The van der Waals surface area contributed by atoms with Crippen molar-refractivity contribution in [3.63, 3.8) is 0 Å². The van der Waals surface area contributed by atoms with Crippen LogP contribution in [0.25, 0.3) is 0 Å². The van der Waals surface area contributed by atoms with E-state index in [9.17, 15) is 4.79 Å². The van der Waals surface area contributed by atoms with E-state index in [2.05, 4.69) is 5.32 Å². The van der Waals surface area contributed by atoms with Gasteiger partial charge in [0.15, 0.2) is 0 Å². The summed E-state index contributed by atoms with van der Waals surface area (Å²) in [6, 6.07) is 0. The van der Waals surface area contributed by atoms with Gasteiger partial charge >= 0.3 is 0 Å². The minimum atomic E-state index is 0.336. The van der Waals surface area contributed by atoms with Crippen molar-refractivity contribution in [3.8, 4) is 0 Å². The van der Waals surface area contributed by atoms with E-state index < -0.39 is 0 Å². The quantitative estimate of drug-likeness (QED) is 0.693. The Hall–Kier alpha value is -0.570. The molecule has 0 heterocycles. The highest BCUT2D eigenvalue weighted by atomic mass is 16.5. The highest BCUT2D eigenvalue weighted by Crippen LogP contribution is 2.57. The molecule has 0 aliphatic heterocycles. The monoisotopic (exact) mass is 293 g/mol. The summed E-state index contributed by atoms with van der Waals surface area (Å²) in [7, 11) is 0. The van der Waals surface area contributed by atoms with Gasteiger partial charge in [-0.1, -0.05) is 25.7 Å². The topological polar surface area (TPSA) is 38.3 Å². The fraction of sp³-hybridized carbons (Fsp3) is 0.944. The standard InChI is InChI=1S/C18H31NO2/c20-18(17-15-10-7-11-16(15)17)19-12-5-2-6-13-21-14-8-3-1-4-9-14/h14-17H,1-13H2,(H,19,20)/t15-,16-/m1/s1. The molecule has 3 aliphatic carbocycles. The maximum Gasteiger partial charge on any atom is 0.223 e. The molecule has 0 aromatic carbocycles. The number of rotatable bonds is 8. The first-order valence-corrected chi connectivity index (χ1v) is 9.25. The number of ether oxygens (including phenoxy) is 1. The molecule has 3 nitrogen and oxygen atoms in total. The highest BCUT2D eigenvalue weighted by Gasteiger charge is 2.56. The van der Waals surface area contributed by atoms with Gasteiger partial charge in [-0.15, -0.1) is 0 Å². The summed E-state index contributed by atoms with van der Waals surface area (Å²) in [5.41, 5.74) is 0. The fourth-order valence-electron chi connectivity index (χ4n) is 4.43. The van der Waals surface area contributed by atoms with Crippen molar-refractivity contribution in [2.24, 2.45) is 17.8 Å². The first-order valence-electron chi connectivity index (χ1n) is 9.25. The van der Waals surface area contributed by atoms with Gasteiger partial charge < -0.3 is 10.1 Å². The van der Waals surface area contributed by atoms with Crippen molar-refractivity contribution >= 4 is 5.91 Å². The molecule has 0 radical (unpaired) electrons. The second-order valence-electron chi connectivity index (χ2n) is 7.27. The molecule has 0 saturated heterocycles. The van der Waals surface area contributed by atoms with Crippen LogP contribution < -0.4 is 5.32 Å². The largest absolute Gasteiger partial charge is 0.378 e. The minimum absolute atomic E-state index is 0.336. The molecule has 2 atom stereocenters. The number of nitrogens with one attached hydrogen (secondary N) is 1. The summed E-state index contributed by atoms with van der Waals surface area (Å²) in [6.07, 6.45) is 14.5. The van der Waals surface area contributed by atoms with Crippen LogP contribution in [0.4, 0.5) is 0 Å². The molecular weight excluding hydrogens is 262 g/mol. The lowest BCUT2D eigenvalue weighted by Gasteiger charge is -2.21. The summed E-state index contributed by atoms with van der Waals surface area (Å²) in [5.74, 6) is 2.21. The summed E-state index contributed by atoms with van der Waals surface area (Å²) >= 11 is 0. The molecule has 3 rings (SSSR count). The lowest BCUT2D eigenvalue weighted by Crippen LogP contribution is -2.27. The van der Waals surface area contributed by atoms with Gasteiger partial charge in [-0.2, -0.15) is 0 Å². The number of hydrogen-bond acceptors (Lipinski definition) is 2. The Labute approximate surface area is 129 Å². The smallest absolute Gasteiger partial charge is 0.223 e. The molecule has 21 heavy (non-hydrogen) atoms. The third-order valence-corrected chi connectivity index (χ3v) is 5.74. The second-order valence-corrected chi connectivity index (χ2v) is 7.27. The maximum absolute atomic E-state index is 12.0. The van der Waals surface area contributed by atoms with Crippen LogP contribution >= 0.6 is 0 Å². The first kappa shape index (κ1) is 15.3. The third kappa shape index (κ3) is 4.21. The van der Waals surface area contributed by atoms with Gasteiger partial charge in [0, 0.05) is 19.1 Å². The number of carbonyl (C=O) groups is 1. The average Bonchev–Trinajstić information content (AvgIpc) is 3.00. The van der Waals surface area contributed by atoms with Gasteiger partial charge in [-0.05, 0) is 56.8 Å². The average molecular weight is 293 g/mol.